The van der Waals surface area contributed by atoms with Crippen molar-refractivity contribution in [2.24, 2.45) is 10.8 Å². The van der Waals surface area contributed by atoms with Gasteiger partial charge in [-0.1, -0.05) is 45.7 Å². The Morgan fingerprint density at radius 2 is 2.13 bits per heavy atom. The standard InChI is InChI=1S/C11H13Br2NO/c1-9(2)8(15)11(13)4-3-10(9,5-6-14)7(11)12/h7H,3-5H2,1-2H3/t7-,10-,11+/m0/s1. The number of fused-ring (bicyclic) bond motifs is 2. The minimum atomic E-state index is -0.437. The van der Waals surface area contributed by atoms with Crippen molar-refractivity contribution >= 4 is 37.6 Å². The van der Waals surface area contributed by atoms with Crippen molar-refractivity contribution in [2.75, 3.05) is 0 Å². The van der Waals surface area contributed by atoms with E-state index in [1.807, 2.05) is 13.8 Å². The molecule has 0 heterocycles. The summed E-state index contributed by atoms with van der Waals surface area (Å²) in [4.78, 5) is 12.4. The molecule has 0 aromatic heterocycles. The molecule has 0 aromatic rings. The van der Waals surface area contributed by atoms with Gasteiger partial charge in [0.15, 0.2) is 5.78 Å². The molecule has 4 heteroatoms. The molecule has 0 unspecified atom stereocenters. The van der Waals surface area contributed by atoms with Crippen LogP contribution in [0.4, 0.5) is 0 Å². The minimum absolute atomic E-state index is 0.0830. The highest BCUT2D eigenvalue weighted by Crippen LogP contribution is 2.70. The van der Waals surface area contributed by atoms with Gasteiger partial charge in [-0.25, -0.2) is 0 Å². The summed E-state index contributed by atoms with van der Waals surface area (Å²) < 4.78 is -0.437. The van der Waals surface area contributed by atoms with E-state index in [0.717, 1.165) is 12.8 Å². The summed E-state index contributed by atoms with van der Waals surface area (Å²) in [6.45, 7) is 3.95. The molecule has 2 saturated carbocycles. The van der Waals surface area contributed by atoms with Crippen molar-refractivity contribution < 1.29 is 4.79 Å². The topological polar surface area (TPSA) is 40.9 Å². The minimum Gasteiger partial charge on any atom is -0.297 e. The normalized spacial score (nSPS) is 46.9. The van der Waals surface area contributed by atoms with Crippen LogP contribution in [0.15, 0.2) is 0 Å². The fourth-order valence-corrected chi connectivity index (χ4v) is 5.77. The van der Waals surface area contributed by atoms with E-state index in [0.29, 0.717) is 6.42 Å². The number of alkyl halides is 2. The summed E-state index contributed by atoms with van der Waals surface area (Å²) in [5, 5.41) is 8.96. The van der Waals surface area contributed by atoms with Gasteiger partial charge in [-0.05, 0) is 12.8 Å². The lowest BCUT2D eigenvalue weighted by atomic mass is 9.63. The predicted molar refractivity (Wildman–Crippen MR) is 65.1 cm³/mol. The Morgan fingerprint density at radius 1 is 1.53 bits per heavy atom. The Balaban J connectivity index is 2.57. The maximum Gasteiger partial charge on any atom is 0.156 e. The Bertz CT molecular complexity index is 373. The van der Waals surface area contributed by atoms with Crippen molar-refractivity contribution in [3.63, 3.8) is 0 Å². The van der Waals surface area contributed by atoms with E-state index < -0.39 is 9.74 Å². The molecule has 82 valence electrons. The zero-order chi connectivity index (χ0) is 11.5. The second-order valence-electron chi connectivity index (χ2n) is 5.17. The van der Waals surface area contributed by atoms with Crippen LogP contribution in [0.25, 0.3) is 0 Å². The van der Waals surface area contributed by atoms with Crippen LogP contribution in [0.1, 0.15) is 33.1 Å². The molecular formula is C11H13Br2NO. The first-order valence-corrected chi connectivity index (χ1v) is 6.79. The number of ketones is 1. The molecule has 0 radical (unpaired) electrons. The summed E-state index contributed by atoms with van der Waals surface area (Å²) in [6.07, 6.45) is 2.24. The van der Waals surface area contributed by atoms with Gasteiger partial charge in [-0.2, -0.15) is 5.26 Å². The van der Waals surface area contributed by atoms with E-state index in [9.17, 15) is 4.79 Å². The molecule has 0 amide bonds. The number of nitrogens with zero attached hydrogens (tertiary/aromatic N) is 1. The van der Waals surface area contributed by atoms with E-state index in [1.54, 1.807) is 0 Å². The van der Waals surface area contributed by atoms with Crippen molar-refractivity contribution in [3.05, 3.63) is 0 Å². The number of rotatable bonds is 1. The van der Waals surface area contributed by atoms with E-state index >= 15 is 0 Å². The van der Waals surface area contributed by atoms with Gasteiger partial charge in [0.05, 0.1) is 10.4 Å². The molecule has 0 aromatic carbocycles. The molecule has 3 atom stereocenters. The highest BCUT2D eigenvalue weighted by atomic mass is 79.9. The summed E-state index contributed by atoms with van der Waals surface area (Å²) in [6, 6.07) is 2.25. The van der Waals surface area contributed by atoms with Gasteiger partial charge in [0, 0.05) is 22.1 Å². The molecule has 0 spiro atoms. The molecule has 2 rings (SSSR count). The average molecular weight is 335 g/mol. The van der Waals surface area contributed by atoms with E-state index in [4.69, 9.17) is 5.26 Å². The fourth-order valence-electron chi connectivity index (χ4n) is 3.24. The third-order valence-electron chi connectivity index (χ3n) is 4.41. The Kier molecular flexibility index (Phi) is 2.38. The van der Waals surface area contributed by atoms with Gasteiger partial charge in [0.1, 0.15) is 0 Å². The molecule has 2 nitrogen and oxygen atoms in total. The SMILES string of the molecule is CC1(C)C(=O)[C@@]2(Br)CC[C@]1(CC#N)[C@@H]2Br. The van der Waals surface area contributed by atoms with Crippen LogP contribution >= 0.6 is 31.9 Å². The summed E-state index contributed by atoms with van der Waals surface area (Å²) in [5.41, 5.74) is -0.596. The Labute approximate surface area is 107 Å². The second-order valence-corrected chi connectivity index (χ2v) is 7.50. The average Bonchev–Trinajstić information content (AvgIpc) is 2.48. The molecule has 0 N–H and O–H groups in total. The molecule has 2 bridgehead atoms. The van der Waals surface area contributed by atoms with E-state index in [1.165, 1.54) is 0 Å². The monoisotopic (exact) mass is 333 g/mol. The van der Waals surface area contributed by atoms with Gasteiger partial charge in [-0.15, -0.1) is 0 Å². The van der Waals surface area contributed by atoms with Crippen molar-refractivity contribution in [3.8, 4) is 6.07 Å². The third kappa shape index (κ3) is 1.07. The smallest absolute Gasteiger partial charge is 0.156 e. The first-order valence-electron chi connectivity index (χ1n) is 5.08. The highest BCUT2D eigenvalue weighted by molar-refractivity contribution is 9.13. The van der Waals surface area contributed by atoms with Gasteiger partial charge < -0.3 is 0 Å². The quantitative estimate of drug-likeness (QED) is 0.691. The molecule has 0 aliphatic heterocycles. The van der Waals surface area contributed by atoms with Crippen LogP contribution in [-0.4, -0.2) is 14.9 Å². The van der Waals surface area contributed by atoms with Gasteiger partial charge in [0.25, 0.3) is 0 Å². The maximum atomic E-state index is 12.3. The van der Waals surface area contributed by atoms with E-state index in [-0.39, 0.29) is 16.0 Å². The van der Waals surface area contributed by atoms with Crippen LogP contribution in [0.3, 0.4) is 0 Å². The second kappa shape index (κ2) is 3.07. The number of hydrogen-bond donors (Lipinski definition) is 0. The summed E-state index contributed by atoms with van der Waals surface area (Å²) >= 11 is 7.24. The summed E-state index contributed by atoms with van der Waals surface area (Å²) in [7, 11) is 0. The van der Waals surface area contributed by atoms with Crippen LogP contribution in [0, 0.1) is 22.2 Å². The first-order chi connectivity index (χ1) is 6.83. The van der Waals surface area contributed by atoms with Crippen molar-refractivity contribution in [1.82, 2.24) is 0 Å². The maximum absolute atomic E-state index is 12.3. The number of hydrogen-bond acceptors (Lipinski definition) is 2. The van der Waals surface area contributed by atoms with Crippen molar-refractivity contribution in [2.45, 2.75) is 42.3 Å². The first kappa shape index (κ1) is 11.6. The molecule has 2 fully saturated rings. The van der Waals surface area contributed by atoms with Gasteiger partial charge in [-0.3, -0.25) is 4.79 Å². The van der Waals surface area contributed by atoms with Gasteiger partial charge >= 0.3 is 0 Å². The number of carbonyl (C=O) groups excluding carboxylic acids is 1. The fraction of sp³-hybridized carbons (Fsp3) is 0.818. The molecule has 0 saturated heterocycles. The third-order valence-corrected chi connectivity index (χ3v) is 7.89. The summed E-state index contributed by atoms with van der Waals surface area (Å²) in [5.74, 6) is 0.248. The highest BCUT2D eigenvalue weighted by Gasteiger charge is 2.74. The van der Waals surface area contributed by atoms with Crippen LogP contribution in [-0.2, 0) is 4.79 Å². The van der Waals surface area contributed by atoms with E-state index in [2.05, 4.69) is 37.9 Å². The number of Topliss-reactive ketones (excluding diaryl/α,β-unsaturated/α-hetero) is 1. The lowest BCUT2D eigenvalue weighted by Crippen LogP contribution is -2.42. The largest absolute Gasteiger partial charge is 0.297 e. The number of carbonyl (C=O) groups is 1. The number of nitriles is 1. The zero-order valence-corrected chi connectivity index (χ0v) is 12.0. The Hall–Kier alpha value is 0.120. The molecular weight excluding hydrogens is 322 g/mol. The van der Waals surface area contributed by atoms with Crippen LogP contribution < -0.4 is 0 Å². The number of halogens is 2. The molecule has 2 aliphatic carbocycles. The van der Waals surface area contributed by atoms with Gasteiger partial charge in [0.2, 0.25) is 0 Å². The lowest BCUT2D eigenvalue weighted by Gasteiger charge is -2.40. The Morgan fingerprint density at radius 3 is 2.53 bits per heavy atom. The lowest BCUT2D eigenvalue weighted by molar-refractivity contribution is -0.131. The predicted octanol–water partition coefficient (Wildman–Crippen LogP) is 3.19. The van der Waals surface area contributed by atoms with Crippen LogP contribution in [0.2, 0.25) is 0 Å². The van der Waals surface area contributed by atoms with Crippen molar-refractivity contribution in [1.29, 1.82) is 5.26 Å². The zero-order valence-electron chi connectivity index (χ0n) is 8.81. The molecule has 2 aliphatic rings. The molecule has 15 heavy (non-hydrogen) atoms. The van der Waals surface area contributed by atoms with Crippen LogP contribution in [0.5, 0.6) is 0 Å².